The fourth-order valence-corrected chi connectivity index (χ4v) is 4.15. The van der Waals surface area contributed by atoms with Gasteiger partial charge >= 0.3 is 0 Å². The van der Waals surface area contributed by atoms with Crippen molar-refractivity contribution in [3.8, 4) is 22.9 Å². The average Bonchev–Trinajstić information content (AvgIpc) is 3.49. The van der Waals surface area contributed by atoms with E-state index in [4.69, 9.17) is 9.26 Å². The Morgan fingerprint density at radius 3 is 2.36 bits per heavy atom. The van der Waals surface area contributed by atoms with Crippen LogP contribution in [0.5, 0.6) is 11.5 Å². The molecule has 8 nitrogen and oxygen atoms in total. The van der Waals surface area contributed by atoms with Crippen molar-refractivity contribution < 1.29 is 18.8 Å². The Morgan fingerprint density at radius 2 is 1.69 bits per heavy atom. The van der Waals surface area contributed by atoms with Crippen LogP contribution < -0.4 is 15.0 Å². The lowest BCUT2D eigenvalue weighted by Gasteiger charge is -2.17. The van der Waals surface area contributed by atoms with E-state index in [1.807, 2.05) is 49.4 Å². The number of ether oxygens (including phenoxy) is 1. The molecule has 0 spiro atoms. The highest BCUT2D eigenvalue weighted by Gasteiger charge is 2.35. The van der Waals surface area contributed by atoms with Gasteiger partial charge in [-0.1, -0.05) is 11.2 Å². The molecule has 0 unspecified atom stereocenters. The van der Waals surface area contributed by atoms with Crippen molar-refractivity contribution in [3.63, 3.8) is 0 Å². The quantitative estimate of drug-likeness (QED) is 0.383. The van der Waals surface area contributed by atoms with Crippen molar-refractivity contribution in [1.82, 2.24) is 10.1 Å². The molecule has 36 heavy (non-hydrogen) atoms. The van der Waals surface area contributed by atoms with E-state index in [2.05, 4.69) is 22.4 Å². The largest absolute Gasteiger partial charge is 0.457 e. The standard InChI is InChI=1S/C28H26N4O4/c1-17-4-9-23(14-18(17)2)32-16-21(15-26(32)34)28-30-27(31-36-28)20-5-10-24(11-6-20)35-25-12-7-22(8-13-25)29-19(3)33/h4-14,21H,15-16H2,1-3H3,(H,29,33)/t21-/m0/s1. The third-order valence-corrected chi connectivity index (χ3v) is 6.24. The van der Waals surface area contributed by atoms with E-state index in [-0.39, 0.29) is 17.7 Å². The molecule has 1 aliphatic heterocycles. The number of amides is 2. The molecule has 4 aromatic rings. The van der Waals surface area contributed by atoms with Crippen LogP contribution >= 0.6 is 0 Å². The molecule has 5 rings (SSSR count). The molecule has 1 saturated heterocycles. The number of hydrogen-bond donors (Lipinski definition) is 1. The number of nitrogens with one attached hydrogen (secondary N) is 1. The topological polar surface area (TPSA) is 97.6 Å². The van der Waals surface area contributed by atoms with Gasteiger partial charge in [-0.25, -0.2) is 0 Å². The van der Waals surface area contributed by atoms with Crippen LogP contribution in [0.2, 0.25) is 0 Å². The smallest absolute Gasteiger partial charge is 0.232 e. The minimum atomic E-state index is -0.150. The Balaban J connectivity index is 1.24. The molecule has 1 aliphatic rings. The van der Waals surface area contributed by atoms with E-state index in [1.54, 1.807) is 29.2 Å². The summed E-state index contributed by atoms with van der Waals surface area (Å²) in [4.78, 5) is 30.2. The van der Waals surface area contributed by atoms with Crippen LogP contribution in [0, 0.1) is 13.8 Å². The zero-order valence-corrected chi connectivity index (χ0v) is 20.3. The van der Waals surface area contributed by atoms with E-state index in [0.717, 1.165) is 16.8 Å². The number of anilines is 2. The number of aryl methyl sites for hydroxylation is 2. The van der Waals surface area contributed by atoms with Crippen LogP contribution in [-0.4, -0.2) is 28.5 Å². The molecule has 0 bridgehead atoms. The first-order chi connectivity index (χ1) is 17.4. The number of nitrogens with zero attached hydrogens (tertiary/aromatic N) is 3. The van der Waals surface area contributed by atoms with Gasteiger partial charge in [0.15, 0.2) is 0 Å². The second-order valence-corrected chi connectivity index (χ2v) is 8.96. The molecule has 1 N–H and O–H groups in total. The summed E-state index contributed by atoms with van der Waals surface area (Å²) in [7, 11) is 0. The summed E-state index contributed by atoms with van der Waals surface area (Å²) in [6.07, 6.45) is 0.335. The number of carbonyl (C=O) groups excluding carboxylic acids is 2. The molecule has 1 aromatic heterocycles. The molecule has 3 aromatic carbocycles. The van der Waals surface area contributed by atoms with Gasteiger partial charge < -0.3 is 19.5 Å². The normalized spacial score (nSPS) is 15.2. The Kier molecular flexibility index (Phi) is 6.25. The molecular formula is C28H26N4O4. The van der Waals surface area contributed by atoms with E-state index in [9.17, 15) is 9.59 Å². The molecule has 2 heterocycles. The molecule has 8 heteroatoms. The first-order valence-corrected chi connectivity index (χ1v) is 11.7. The fraction of sp³-hybridized carbons (Fsp3) is 0.214. The molecule has 0 saturated carbocycles. The monoisotopic (exact) mass is 482 g/mol. The Labute approximate surface area is 208 Å². The third-order valence-electron chi connectivity index (χ3n) is 6.24. The lowest BCUT2D eigenvalue weighted by atomic mass is 10.1. The van der Waals surface area contributed by atoms with Gasteiger partial charge in [-0.3, -0.25) is 9.59 Å². The zero-order chi connectivity index (χ0) is 25.2. The Bertz CT molecular complexity index is 1410. The highest BCUT2D eigenvalue weighted by atomic mass is 16.5. The third kappa shape index (κ3) is 4.98. The fourth-order valence-electron chi connectivity index (χ4n) is 4.15. The van der Waals surface area contributed by atoms with Gasteiger partial charge in [-0.2, -0.15) is 4.98 Å². The maximum Gasteiger partial charge on any atom is 0.232 e. The Hall–Kier alpha value is -4.46. The first-order valence-electron chi connectivity index (χ1n) is 11.7. The number of carbonyl (C=O) groups is 2. The maximum atomic E-state index is 12.7. The van der Waals surface area contributed by atoms with E-state index in [0.29, 0.717) is 41.9 Å². The number of benzene rings is 3. The highest BCUT2D eigenvalue weighted by molar-refractivity contribution is 5.96. The summed E-state index contributed by atoms with van der Waals surface area (Å²) >= 11 is 0. The molecule has 1 fully saturated rings. The summed E-state index contributed by atoms with van der Waals surface area (Å²) < 4.78 is 11.4. The van der Waals surface area contributed by atoms with Crippen LogP contribution in [0.4, 0.5) is 11.4 Å². The van der Waals surface area contributed by atoms with E-state index < -0.39 is 0 Å². The maximum absolute atomic E-state index is 12.7. The van der Waals surface area contributed by atoms with Gasteiger partial charge in [0.2, 0.25) is 23.5 Å². The minimum absolute atomic E-state index is 0.0506. The first kappa shape index (κ1) is 23.3. The van der Waals surface area contributed by atoms with Crippen LogP contribution in [0.15, 0.2) is 71.3 Å². The lowest BCUT2D eigenvalue weighted by Crippen LogP contribution is -2.24. The predicted molar refractivity (Wildman–Crippen MR) is 136 cm³/mol. The van der Waals surface area contributed by atoms with Gasteiger partial charge in [-0.15, -0.1) is 0 Å². The molecule has 0 radical (unpaired) electrons. The lowest BCUT2D eigenvalue weighted by molar-refractivity contribution is -0.117. The van der Waals surface area contributed by atoms with Gasteiger partial charge in [0.25, 0.3) is 0 Å². The van der Waals surface area contributed by atoms with Gasteiger partial charge in [0.05, 0.1) is 5.92 Å². The molecule has 1 atom stereocenters. The highest BCUT2D eigenvalue weighted by Crippen LogP contribution is 2.33. The molecule has 182 valence electrons. The molecule has 0 aliphatic carbocycles. The average molecular weight is 483 g/mol. The van der Waals surface area contributed by atoms with Crippen molar-refractivity contribution in [2.24, 2.45) is 0 Å². The predicted octanol–water partition coefficient (Wildman–Crippen LogP) is 5.62. The summed E-state index contributed by atoms with van der Waals surface area (Å²) in [6, 6.07) is 20.5. The molecular weight excluding hydrogens is 456 g/mol. The van der Waals surface area contributed by atoms with Crippen molar-refractivity contribution in [1.29, 1.82) is 0 Å². The summed E-state index contributed by atoms with van der Waals surface area (Å²) in [5.74, 6) is 2.01. The van der Waals surface area contributed by atoms with Crippen molar-refractivity contribution in [2.75, 3.05) is 16.8 Å². The van der Waals surface area contributed by atoms with Crippen molar-refractivity contribution in [3.05, 3.63) is 83.7 Å². The van der Waals surface area contributed by atoms with Crippen LogP contribution in [0.3, 0.4) is 0 Å². The number of aromatic nitrogens is 2. The van der Waals surface area contributed by atoms with E-state index in [1.165, 1.54) is 12.5 Å². The minimum Gasteiger partial charge on any atom is -0.457 e. The summed E-state index contributed by atoms with van der Waals surface area (Å²) in [5.41, 5.74) is 4.73. The van der Waals surface area contributed by atoms with Crippen LogP contribution in [-0.2, 0) is 9.59 Å². The van der Waals surface area contributed by atoms with Gasteiger partial charge in [0.1, 0.15) is 11.5 Å². The zero-order valence-electron chi connectivity index (χ0n) is 20.3. The molecule has 2 amide bonds. The second kappa shape index (κ2) is 9.65. The second-order valence-electron chi connectivity index (χ2n) is 8.96. The van der Waals surface area contributed by atoms with Crippen LogP contribution in [0.25, 0.3) is 11.4 Å². The van der Waals surface area contributed by atoms with Crippen LogP contribution in [0.1, 0.15) is 36.3 Å². The van der Waals surface area contributed by atoms with Crippen molar-refractivity contribution >= 4 is 23.2 Å². The van der Waals surface area contributed by atoms with E-state index >= 15 is 0 Å². The summed E-state index contributed by atoms with van der Waals surface area (Å²) in [6.45, 7) is 6.07. The number of rotatable bonds is 6. The summed E-state index contributed by atoms with van der Waals surface area (Å²) in [5, 5.41) is 6.86. The van der Waals surface area contributed by atoms with Crippen molar-refractivity contribution in [2.45, 2.75) is 33.1 Å². The van der Waals surface area contributed by atoms with Gasteiger partial charge in [-0.05, 0) is 85.6 Å². The SMILES string of the molecule is CC(=O)Nc1ccc(Oc2ccc(-c3noc([C@H]4CC(=O)N(c5ccc(C)c(C)c5)C4)n3)cc2)cc1. The van der Waals surface area contributed by atoms with Gasteiger partial charge in [0, 0.05) is 36.8 Å². The number of hydrogen-bond acceptors (Lipinski definition) is 6. The Morgan fingerprint density at radius 1 is 1.00 bits per heavy atom.